The van der Waals surface area contributed by atoms with Gasteiger partial charge in [0.15, 0.2) is 0 Å². The van der Waals surface area contributed by atoms with E-state index in [1.54, 1.807) is 24.3 Å². The van der Waals surface area contributed by atoms with Crippen molar-refractivity contribution >= 4 is 17.5 Å². The molecule has 2 N–H and O–H groups in total. The summed E-state index contributed by atoms with van der Waals surface area (Å²) in [5, 5.41) is 5.64. The average molecular weight is 296 g/mol. The molecule has 2 aromatic rings. The molecule has 0 aliphatic rings. The molecule has 0 atom stereocenters. The predicted molar refractivity (Wildman–Crippen MR) is 87.8 cm³/mol. The number of hydrogen-bond donors (Lipinski definition) is 2. The van der Waals surface area contributed by atoms with Gasteiger partial charge in [-0.2, -0.15) is 0 Å². The highest BCUT2D eigenvalue weighted by atomic mass is 16.2. The summed E-state index contributed by atoms with van der Waals surface area (Å²) in [6, 6.07) is 16.5. The first kappa shape index (κ1) is 15.8. The van der Waals surface area contributed by atoms with Crippen LogP contribution in [-0.4, -0.2) is 18.4 Å². The summed E-state index contributed by atoms with van der Waals surface area (Å²) in [5.41, 5.74) is 2.13. The summed E-state index contributed by atoms with van der Waals surface area (Å²) in [4.78, 5) is 23.9. The van der Waals surface area contributed by atoms with Gasteiger partial charge in [0.1, 0.15) is 0 Å². The number of amides is 2. The van der Waals surface area contributed by atoms with Crippen molar-refractivity contribution in [2.45, 2.75) is 19.8 Å². The minimum Gasteiger partial charge on any atom is -0.352 e. The maximum absolute atomic E-state index is 12.0. The van der Waals surface area contributed by atoms with Crippen molar-refractivity contribution < 1.29 is 9.59 Å². The smallest absolute Gasteiger partial charge is 0.251 e. The lowest BCUT2D eigenvalue weighted by Gasteiger charge is -2.08. The molecule has 0 aromatic heterocycles. The Bertz CT molecular complexity index is 639. The van der Waals surface area contributed by atoms with Crippen LogP contribution in [0.4, 0.5) is 5.69 Å². The number of nitrogens with one attached hydrogen (secondary N) is 2. The molecule has 0 heterocycles. The molecular weight excluding hydrogens is 276 g/mol. The van der Waals surface area contributed by atoms with Gasteiger partial charge in [-0.05, 0) is 30.2 Å². The zero-order valence-electron chi connectivity index (χ0n) is 12.6. The summed E-state index contributed by atoms with van der Waals surface area (Å²) in [6.07, 6.45) is 1.20. The standard InChI is InChI=1S/C18H20N2O2/c1-2-11-19-18(22)15-9-6-10-16(13-15)20-17(21)12-14-7-4-3-5-8-14/h3-10,13H,2,11-12H2,1H3,(H,19,22)(H,20,21). The van der Waals surface area contributed by atoms with Crippen LogP contribution in [0.1, 0.15) is 29.3 Å². The van der Waals surface area contributed by atoms with Gasteiger partial charge in [0.05, 0.1) is 6.42 Å². The van der Waals surface area contributed by atoms with E-state index in [1.165, 1.54) is 0 Å². The zero-order chi connectivity index (χ0) is 15.8. The summed E-state index contributed by atoms with van der Waals surface area (Å²) in [6.45, 7) is 2.64. The summed E-state index contributed by atoms with van der Waals surface area (Å²) < 4.78 is 0. The molecule has 2 rings (SSSR count). The molecule has 0 aliphatic carbocycles. The van der Waals surface area contributed by atoms with Crippen LogP contribution in [0.2, 0.25) is 0 Å². The Kier molecular flexibility index (Phi) is 5.72. The van der Waals surface area contributed by atoms with E-state index in [1.807, 2.05) is 37.3 Å². The third-order valence-corrected chi connectivity index (χ3v) is 3.15. The normalized spacial score (nSPS) is 10.0. The SMILES string of the molecule is CCCNC(=O)c1cccc(NC(=O)Cc2ccccc2)c1. The highest BCUT2D eigenvalue weighted by Crippen LogP contribution is 2.11. The molecule has 0 bridgehead atoms. The molecule has 4 heteroatoms. The maximum Gasteiger partial charge on any atom is 0.251 e. The number of hydrogen-bond acceptors (Lipinski definition) is 2. The number of rotatable bonds is 6. The minimum atomic E-state index is -0.124. The van der Waals surface area contributed by atoms with Gasteiger partial charge in [-0.1, -0.05) is 43.3 Å². The van der Waals surface area contributed by atoms with E-state index < -0.39 is 0 Å². The Morgan fingerprint density at radius 3 is 2.50 bits per heavy atom. The number of anilines is 1. The van der Waals surface area contributed by atoms with Crippen molar-refractivity contribution in [1.82, 2.24) is 5.32 Å². The lowest BCUT2D eigenvalue weighted by Crippen LogP contribution is -2.24. The van der Waals surface area contributed by atoms with Crippen molar-refractivity contribution in [2.75, 3.05) is 11.9 Å². The molecule has 0 spiro atoms. The molecule has 0 saturated carbocycles. The molecule has 22 heavy (non-hydrogen) atoms. The fourth-order valence-corrected chi connectivity index (χ4v) is 2.07. The number of benzene rings is 2. The Balaban J connectivity index is 1.98. The lowest BCUT2D eigenvalue weighted by molar-refractivity contribution is -0.115. The van der Waals surface area contributed by atoms with Crippen LogP contribution in [0.3, 0.4) is 0 Å². The van der Waals surface area contributed by atoms with E-state index in [4.69, 9.17) is 0 Å². The minimum absolute atomic E-state index is 0.0997. The summed E-state index contributed by atoms with van der Waals surface area (Å²) >= 11 is 0. The van der Waals surface area contributed by atoms with Crippen LogP contribution in [0.15, 0.2) is 54.6 Å². The van der Waals surface area contributed by atoms with Crippen molar-refractivity contribution in [2.24, 2.45) is 0 Å². The average Bonchev–Trinajstić information content (AvgIpc) is 2.53. The largest absolute Gasteiger partial charge is 0.352 e. The van der Waals surface area contributed by atoms with Crippen LogP contribution in [0.25, 0.3) is 0 Å². The fraction of sp³-hybridized carbons (Fsp3) is 0.222. The molecule has 0 unspecified atom stereocenters. The highest BCUT2D eigenvalue weighted by molar-refractivity contribution is 5.97. The van der Waals surface area contributed by atoms with Gasteiger partial charge >= 0.3 is 0 Å². The van der Waals surface area contributed by atoms with Crippen molar-refractivity contribution in [1.29, 1.82) is 0 Å². The van der Waals surface area contributed by atoms with Crippen LogP contribution in [-0.2, 0) is 11.2 Å². The highest BCUT2D eigenvalue weighted by Gasteiger charge is 2.07. The maximum atomic E-state index is 12.0. The van der Waals surface area contributed by atoms with Gasteiger partial charge in [-0.25, -0.2) is 0 Å². The molecule has 2 aromatic carbocycles. The lowest BCUT2D eigenvalue weighted by atomic mass is 10.1. The quantitative estimate of drug-likeness (QED) is 0.861. The third kappa shape index (κ3) is 4.74. The fourth-order valence-electron chi connectivity index (χ4n) is 2.07. The topological polar surface area (TPSA) is 58.2 Å². The van der Waals surface area contributed by atoms with Gasteiger partial charge in [0.25, 0.3) is 5.91 Å². The Morgan fingerprint density at radius 2 is 1.77 bits per heavy atom. The Hall–Kier alpha value is -2.62. The second-order valence-corrected chi connectivity index (χ2v) is 5.05. The number of carbonyl (C=O) groups excluding carboxylic acids is 2. The third-order valence-electron chi connectivity index (χ3n) is 3.15. The molecule has 4 nitrogen and oxygen atoms in total. The Labute approximate surface area is 130 Å². The van der Waals surface area contributed by atoms with Gasteiger partial charge in [-0.15, -0.1) is 0 Å². The second-order valence-electron chi connectivity index (χ2n) is 5.05. The van der Waals surface area contributed by atoms with Crippen molar-refractivity contribution in [3.63, 3.8) is 0 Å². The van der Waals surface area contributed by atoms with Crippen LogP contribution in [0.5, 0.6) is 0 Å². The summed E-state index contributed by atoms with van der Waals surface area (Å²) in [7, 11) is 0. The molecule has 0 fully saturated rings. The second kappa shape index (κ2) is 7.98. The first-order valence-corrected chi connectivity index (χ1v) is 7.41. The van der Waals surface area contributed by atoms with Crippen molar-refractivity contribution in [3.8, 4) is 0 Å². The molecule has 0 radical (unpaired) electrons. The van der Waals surface area contributed by atoms with E-state index in [-0.39, 0.29) is 11.8 Å². The van der Waals surface area contributed by atoms with Crippen LogP contribution in [0, 0.1) is 0 Å². The van der Waals surface area contributed by atoms with Gasteiger partial charge < -0.3 is 10.6 Å². The van der Waals surface area contributed by atoms with Crippen LogP contribution < -0.4 is 10.6 Å². The predicted octanol–water partition coefficient (Wildman–Crippen LogP) is 3.01. The molecule has 2 amide bonds. The zero-order valence-corrected chi connectivity index (χ0v) is 12.6. The number of carbonyl (C=O) groups is 2. The van der Waals surface area contributed by atoms with E-state index in [9.17, 15) is 9.59 Å². The monoisotopic (exact) mass is 296 g/mol. The first-order chi connectivity index (χ1) is 10.7. The van der Waals surface area contributed by atoms with Gasteiger partial charge in [-0.3, -0.25) is 9.59 Å². The Morgan fingerprint density at radius 1 is 1.00 bits per heavy atom. The van der Waals surface area contributed by atoms with E-state index in [0.29, 0.717) is 24.2 Å². The van der Waals surface area contributed by atoms with Gasteiger partial charge in [0.2, 0.25) is 5.91 Å². The van der Waals surface area contributed by atoms with Crippen molar-refractivity contribution in [3.05, 3.63) is 65.7 Å². The summed E-state index contributed by atoms with van der Waals surface area (Å²) in [5.74, 6) is -0.224. The molecule has 0 saturated heterocycles. The van der Waals surface area contributed by atoms with E-state index >= 15 is 0 Å². The van der Waals surface area contributed by atoms with E-state index in [0.717, 1.165) is 12.0 Å². The van der Waals surface area contributed by atoms with Crippen LogP contribution >= 0.6 is 0 Å². The molecular formula is C18H20N2O2. The first-order valence-electron chi connectivity index (χ1n) is 7.41. The van der Waals surface area contributed by atoms with Gasteiger partial charge in [0, 0.05) is 17.8 Å². The molecule has 114 valence electrons. The molecule has 0 aliphatic heterocycles. The van der Waals surface area contributed by atoms with E-state index in [2.05, 4.69) is 10.6 Å².